The number of benzene rings is 2. The maximum atomic E-state index is 13.4. The predicted octanol–water partition coefficient (Wildman–Crippen LogP) is 4.31. The van der Waals surface area contributed by atoms with Crippen LogP contribution >= 0.6 is 11.8 Å². The van der Waals surface area contributed by atoms with Gasteiger partial charge in [0.2, 0.25) is 0 Å². The summed E-state index contributed by atoms with van der Waals surface area (Å²) in [7, 11) is 1.75. The number of hydrogen-bond acceptors (Lipinski definition) is 7. The van der Waals surface area contributed by atoms with E-state index in [4.69, 9.17) is 4.42 Å². The van der Waals surface area contributed by atoms with Gasteiger partial charge in [-0.05, 0) is 41.6 Å². The molecule has 0 aliphatic heterocycles. The van der Waals surface area contributed by atoms with Gasteiger partial charge in [-0.25, -0.2) is 0 Å². The number of furan rings is 1. The van der Waals surface area contributed by atoms with Gasteiger partial charge < -0.3 is 13.9 Å². The summed E-state index contributed by atoms with van der Waals surface area (Å²) >= 11 is 1.12. The van der Waals surface area contributed by atoms with E-state index in [1.165, 1.54) is 12.4 Å². The van der Waals surface area contributed by atoms with Crippen molar-refractivity contribution < 1.29 is 14.1 Å². The SMILES string of the molecule is Cn1cnnc1Sc1ccc(C(=O)N(Cc2ccccc2)Cc2ccco2)cc1[N+](=O)[O-]. The summed E-state index contributed by atoms with van der Waals surface area (Å²) in [6.45, 7) is 0.577. The molecule has 10 heteroatoms. The monoisotopic (exact) mass is 449 g/mol. The summed E-state index contributed by atoms with van der Waals surface area (Å²) in [6.07, 6.45) is 3.06. The Kier molecular flexibility index (Phi) is 6.31. The van der Waals surface area contributed by atoms with Crippen LogP contribution in [-0.2, 0) is 20.1 Å². The number of amides is 1. The molecule has 0 saturated heterocycles. The van der Waals surface area contributed by atoms with Gasteiger partial charge in [-0.2, -0.15) is 0 Å². The first kappa shape index (κ1) is 21.3. The first-order valence-corrected chi connectivity index (χ1v) is 10.5. The van der Waals surface area contributed by atoms with E-state index in [2.05, 4.69) is 10.2 Å². The topological polar surface area (TPSA) is 107 Å². The summed E-state index contributed by atoms with van der Waals surface area (Å²) in [5.41, 5.74) is 0.999. The average molecular weight is 449 g/mol. The Bertz CT molecular complexity index is 1220. The highest BCUT2D eigenvalue weighted by atomic mass is 32.2. The van der Waals surface area contributed by atoms with E-state index in [9.17, 15) is 14.9 Å². The Morgan fingerprint density at radius 2 is 1.97 bits per heavy atom. The molecule has 0 saturated carbocycles. The van der Waals surface area contributed by atoms with Gasteiger partial charge >= 0.3 is 0 Å². The number of nitro benzene ring substituents is 1. The van der Waals surface area contributed by atoms with Crippen LogP contribution in [-0.4, -0.2) is 30.5 Å². The number of carbonyl (C=O) groups is 1. The zero-order chi connectivity index (χ0) is 22.5. The van der Waals surface area contributed by atoms with Crippen LogP contribution in [0.3, 0.4) is 0 Å². The van der Waals surface area contributed by atoms with Crippen LogP contribution < -0.4 is 0 Å². The first-order chi connectivity index (χ1) is 15.5. The van der Waals surface area contributed by atoms with E-state index >= 15 is 0 Å². The number of hydrogen-bond donors (Lipinski definition) is 0. The van der Waals surface area contributed by atoms with E-state index in [0.29, 0.717) is 22.4 Å². The summed E-state index contributed by atoms with van der Waals surface area (Å²) in [5.74, 6) is 0.293. The zero-order valence-corrected chi connectivity index (χ0v) is 17.9. The molecule has 2 aromatic heterocycles. The minimum absolute atomic E-state index is 0.165. The lowest BCUT2D eigenvalue weighted by molar-refractivity contribution is -0.387. The maximum absolute atomic E-state index is 13.4. The lowest BCUT2D eigenvalue weighted by Gasteiger charge is -2.22. The van der Waals surface area contributed by atoms with Crippen molar-refractivity contribution in [3.8, 4) is 0 Å². The molecule has 0 atom stereocenters. The molecule has 0 spiro atoms. The third kappa shape index (κ3) is 4.86. The first-order valence-electron chi connectivity index (χ1n) is 9.67. The largest absolute Gasteiger partial charge is 0.467 e. The second-order valence-electron chi connectivity index (χ2n) is 6.99. The van der Waals surface area contributed by atoms with Gasteiger partial charge in [-0.3, -0.25) is 14.9 Å². The van der Waals surface area contributed by atoms with Gasteiger partial charge in [0.25, 0.3) is 11.6 Å². The molecule has 4 aromatic rings. The van der Waals surface area contributed by atoms with E-state index in [1.54, 1.807) is 47.0 Å². The van der Waals surface area contributed by atoms with Gasteiger partial charge in [-0.1, -0.05) is 30.3 Å². The van der Waals surface area contributed by atoms with Crippen LogP contribution in [0.2, 0.25) is 0 Å². The second kappa shape index (κ2) is 9.48. The number of nitrogens with zero attached hydrogens (tertiary/aromatic N) is 5. The van der Waals surface area contributed by atoms with Crippen molar-refractivity contribution in [1.82, 2.24) is 19.7 Å². The molecule has 32 heavy (non-hydrogen) atoms. The van der Waals surface area contributed by atoms with E-state index in [-0.39, 0.29) is 23.7 Å². The van der Waals surface area contributed by atoms with Gasteiger partial charge in [0.05, 0.1) is 22.6 Å². The molecule has 0 aliphatic carbocycles. The second-order valence-corrected chi connectivity index (χ2v) is 8.00. The number of aromatic nitrogens is 3. The van der Waals surface area contributed by atoms with Crippen molar-refractivity contribution in [2.75, 3.05) is 0 Å². The van der Waals surface area contributed by atoms with Gasteiger partial charge in [0.1, 0.15) is 12.1 Å². The number of nitro groups is 1. The van der Waals surface area contributed by atoms with Crippen LogP contribution in [0.5, 0.6) is 0 Å². The Morgan fingerprint density at radius 3 is 2.62 bits per heavy atom. The highest BCUT2D eigenvalue weighted by molar-refractivity contribution is 7.99. The molecule has 4 rings (SSSR count). The summed E-state index contributed by atoms with van der Waals surface area (Å²) in [6, 6.07) is 17.5. The Morgan fingerprint density at radius 1 is 1.16 bits per heavy atom. The van der Waals surface area contributed by atoms with Crippen molar-refractivity contribution >= 4 is 23.4 Å². The summed E-state index contributed by atoms with van der Waals surface area (Å²) < 4.78 is 7.08. The highest BCUT2D eigenvalue weighted by Crippen LogP contribution is 2.34. The fourth-order valence-electron chi connectivity index (χ4n) is 3.12. The third-order valence-electron chi connectivity index (χ3n) is 4.70. The Hall–Kier alpha value is -3.92. The molecule has 1 amide bonds. The summed E-state index contributed by atoms with van der Waals surface area (Å²) in [4.78, 5) is 26.6. The third-order valence-corrected chi connectivity index (χ3v) is 5.82. The highest BCUT2D eigenvalue weighted by Gasteiger charge is 2.23. The minimum Gasteiger partial charge on any atom is -0.467 e. The lowest BCUT2D eigenvalue weighted by Crippen LogP contribution is -2.30. The summed E-state index contributed by atoms with van der Waals surface area (Å²) in [5, 5.41) is 20.0. The van der Waals surface area contributed by atoms with Crippen molar-refractivity contribution in [1.29, 1.82) is 0 Å². The maximum Gasteiger partial charge on any atom is 0.284 e. The van der Waals surface area contributed by atoms with Gasteiger partial charge in [0, 0.05) is 25.2 Å². The van der Waals surface area contributed by atoms with Crippen molar-refractivity contribution in [2.45, 2.75) is 23.1 Å². The molecule has 2 heterocycles. The molecular formula is C22H19N5O4S. The Balaban J connectivity index is 1.64. The standard InChI is InChI=1S/C22H19N5O4S/c1-25-15-23-24-22(25)32-20-10-9-17(12-19(20)27(29)30)21(28)26(14-18-8-5-11-31-18)13-16-6-3-2-4-7-16/h2-12,15H,13-14H2,1H3. The number of rotatable bonds is 8. The van der Waals surface area contributed by atoms with Crippen LogP contribution in [0.15, 0.2) is 87.7 Å². The van der Waals surface area contributed by atoms with Crippen LogP contribution in [0.25, 0.3) is 0 Å². The fraction of sp³-hybridized carbons (Fsp3) is 0.136. The molecule has 0 fully saturated rings. The van der Waals surface area contributed by atoms with Crippen molar-refractivity contribution in [3.05, 3.63) is 100 Å². The van der Waals surface area contributed by atoms with E-state index < -0.39 is 4.92 Å². The quantitative estimate of drug-likeness (QED) is 0.291. The normalized spacial score (nSPS) is 10.8. The van der Waals surface area contributed by atoms with E-state index in [1.807, 2.05) is 30.3 Å². The molecule has 0 radical (unpaired) electrons. The molecule has 0 bridgehead atoms. The van der Waals surface area contributed by atoms with Crippen molar-refractivity contribution in [2.24, 2.45) is 7.05 Å². The molecule has 0 unspecified atom stereocenters. The zero-order valence-electron chi connectivity index (χ0n) is 17.1. The van der Waals surface area contributed by atoms with Crippen LogP contribution in [0.1, 0.15) is 21.7 Å². The Labute approximate surface area is 187 Å². The fourth-order valence-corrected chi connectivity index (χ4v) is 3.97. The molecule has 162 valence electrons. The minimum atomic E-state index is -0.496. The lowest BCUT2D eigenvalue weighted by atomic mass is 10.1. The van der Waals surface area contributed by atoms with Crippen molar-refractivity contribution in [3.63, 3.8) is 0 Å². The van der Waals surface area contributed by atoms with Crippen LogP contribution in [0.4, 0.5) is 5.69 Å². The molecule has 2 aromatic carbocycles. The predicted molar refractivity (Wildman–Crippen MR) is 117 cm³/mol. The van der Waals surface area contributed by atoms with Gasteiger partial charge in [-0.15, -0.1) is 10.2 Å². The molecular weight excluding hydrogens is 430 g/mol. The van der Waals surface area contributed by atoms with Crippen LogP contribution in [0, 0.1) is 10.1 Å². The van der Waals surface area contributed by atoms with E-state index in [0.717, 1.165) is 17.3 Å². The molecule has 0 aliphatic rings. The smallest absolute Gasteiger partial charge is 0.284 e. The molecule has 0 N–H and O–H groups in total. The average Bonchev–Trinajstić information content (AvgIpc) is 3.45. The number of aryl methyl sites for hydroxylation is 1. The van der Waals surface area contributed by atoms with Gasteiger partial charge in [0.15, 0.2) is 5.16 Å². The molecule has 9 nitrogen and oxygen atoms in total. The number of carbonyl (C=O) groups excluding carboxylic acids is 1.